The van der Waals surface area contributed by atoms with Gasteiger partial charge in [-0.05, 0) is 30.5 Å². The van der Waals surface area contributed by atoms with Crippen LogP contribution in [0.25, 0.3) is 0 Å². The maximum absolute atomic E-state index is 12.0. The lowest BCUT2D eigenvalue weighted by atomic mass is 10.0. The Labute approximate surface area is 154 Å². The quantitative estimate of drug-likeness (QED) is 0.739. The van der Waals surface area contributed by atoms with E-state index in [0.29, 0.717) is 26.3 Å². The standard InChI is InChI=1S/C19H28N4O3/c1-3-20-18(24)19(25)21-13-17(23-8-10-26-11-9-23)14-4-5-16-15(12-14)6-7-22(16)2/h4-5,12,17H,3,6-11,13H2,1-2H3,(H,20,24)(H,21,25)/t17-/m1/s1. The van der Waals surface area contributed by atoms with Crippen LogP contribution in [0.5, 0.6) is 0 Å². The first-order valence-electron chi connectivity index (χ1n) is 9.32. The molecule has 1 aromatic rings. The summed E-state index contributed by atoms with van der Waals surface area (Å²) in [6.45, 7) is 6.69. The first kappa shape index (κ1) is 18.7. The third-order valence-corrected chi connectivity index (χ3v) is 5.10. The van der Waals surface area contributed by atoms with Crippen molar-refractivity contribution in [3.8, 4) is 0 Å². The van der Waals surface area contributed by atoms with Gasteiger partial charge < -0.3 is 20.3 Å². The van der Waals surface area contributed by atoms with Gasteiger partial charge in [0, 0.05) is 45.5 Å². The highest BCUT2D eigenvalue weighted by molar-refractivity contribution is 6.35. The van der Waals surface area contributed by atoms with Crippen LogP contribution in [0.2, 0.25) is 0 Å². The van der Waals surface area contributed by atoms with Crippen LogP contribution in [0.15, 0.2) is 18.2 Å². The summed E-state index contributed by atoms with van der Waals surface area (Å²) >= 11 is 0. The predicted molar refractivity (Wildman–Crippen MR) is 100 cm³/mol. The number of hydrogen-bond acceptors (Lipinski definition) is 5. The molecule has 0 radical (unpaired) electrons. The van der Waals surface area contributed by atoms with E-state index in [9.17, 15) is 9.59 Å². The second-order valence-corrected chi connectivity index (χ2v) is 6.79. The number of likely N-dealkylation sites (N-methyl/N-ethyl adjacent to an activating group) is 2. The van der Waals surface area contributed by atoms with Gasteiger partial charge >= 0.3 is 11.8 Å². The molecule has 26 heavy (non-hydrogen) atoms. The number of anilines is 1. The van der Waals surface area contributed by atoms with E-state index in [1.165, 1.54) is 16.8 Å². The van der Waals surface area contributed by atoms with Crippen LogP contribution >= 0.6 is 0 Å². The molecule has 1 atom stereocenters. The number of amides is 2. The molecule has 142 valence electrons. The van der Waals surface area contributed by atoms with Crippen molar-refractivity contribution in [2.24, 2.45) is 0 Å². The van der Waals surface area contributed by atoms with E-state index in [-0.39, 0.29) is 6.04 Å². The largest absolute Gasteiger partial charge is 0.379 e. The number of benzene rings is 1. The van der Waals surface area contributed by atoms with Gasteiger partial charge in [-0.1, -0.05) is 12.1 Å². The van der Waals surface area contributed by atoms with Crippen molar-refractivity contribution >= 4 is 17.5 Å². The smallest absolute Gasteiger partial charge is 0.309 e. The predicted octanol–water partition coefficient (Wildman–Crippen LogP) is 0.305. The maximum Gasteiger partial charge on any atom is 0.309 e. The van der Waals surface area contributed by atoms with Crippen molar-refractivity contribution in [2.45, 2.75) is 19.4 Å². The normalized spacial score (nSPS) is 18.3. The van der Waals surface area contributed by atoms with Crippen LogP contribution in [0.4, 0.5) is 5.69 Å². The van der Waals surface area contributed by atoms with Gasteiger partial charge in [-0.25, -0.2) is 0 Å². The van der Waals surface area contributed by atoms with Gasteiger partial charge in [0.2, 0.25) is 0 Å². The number of morpholine rings is 1. The molecule has 1 saturated heterocycles. The molecule has 2 N–H and O–H groups in total. The van der Waals surface area contributed by atoms with Crippen molar-refractivity contribution < 1.29 is 14.3 Å². The van der Waals surface area contributed by atoms with Crippen molar-refractivity contribution in [3.63, 3.8) is 0 Å². The first-order valence-corrected chi connectivity index (χ1v) is 9.32. The van der Waals surface area contributed by atoms with Gasteiger partial charge in [0.05, 0.1) is 19.3 Å². The fourth-order valence-electron chi connectivity index (χ4n) is 3.65. The topological polar surface area (TPSA) is 73.9 Å². The average Bonchev–Trinajstić information content (AvgIpc) is 3.03. The summed E-state index contributed by atoms with van der Waals surface area (Å²) < 4.78 is 5.47. The molecule has 0 bridgehead atoms. The van der Waals surface area contributed by atoms with Crippen LogP contribution in [0, 0.1) is 0 Å². The monoisotopic (exact) mass is 360 g/mol. The Morgan fingerprint density at radius 1 is 1.15 bits per heavy atom. The summed E-state index contributed by atoms with van der Waals surface area (Å²) in [4.78, 5) is 28.3. The highest BCUT2D eigenvalue weighted by atomic mass is 16.5. The molecule has 2 aliphatic rings. The highest BCUT2D eigenvalue weighted by Gasteiger charge is 2.26. The molecular weight excluding hydrogens is 332 g/mol. The van der Waals surface area contributed by atoms with Gasteiger partial charge in [-0.3, -0.25) is 14.5 Å². The molecule has 3 rings (SSSR count). The van der Waals surface area contributed by atoms with E-state index in [2.05, 4.69) is 45.7 Å². The Morgan fingerprint density at radius 2 is 1.88 bits per heavy atom. The van der Waals surface area contributed by atoms with Gasteiger partial charge in [0.1, 0.15) is 0 Å². The van der Waals surface area contributed by atoms with E-state index in [1.54, 1.807) is 6.92 Å². The van der Waals surface area contributed by atoms with Crippen molar-refractivity contribution in [3.05, 3.63) is 29.3 Å². The van der Waals surface area contributed by atoms with E-state index < -0.39 is 11.8 Å². The molecule has 0 saturated carbocycles. The van der Waals surface area contributed by atoms with Gasteiger partial charge in [-0.2, -0.15) is 0 Å². The molecule has 0 aromatic heterocycles. The Kier molecular flexibility index (Phi) is 6.11. The SMILES string of the molecule is CCNC(=O)C(=O)NC[C@H](c1ccc2c(c1)CCN2C)N1CCOCC1. The number of carbonyl (C=O) groups excluding carboxylic acids is 2. The molecular formula is C19H28N4O3. The summed E-state index contributed by atoms with van der Waals surface area (Å²) in [6.07, 6.45) is 1.04. The lowest BCUT2D eigenvalue weighted by Gasteiger charge is -2.35. The maximum atomic E-state index is 12.0. The fraction of sp³-hybridized carbons (Fsp3) is 0.579. The van der Waals surface area contributed by atoms with E-state index >= 15 is 0 Å². The number of hydrogen-bond donors (Lipinski definition) is 2. The third kappa shape index (κ3) is 4.16. The van der Waals surface area contributed by atoms with Crippen LogP contribution in [-0.4, -0.2) is 69.7 Å². The van der Waals surface area contributed by atoms with Gasteiger partial charge in [0.15, 0.2) is 0 Å². The molecule has 0 unspecified atom stereocenters. The molecule has 1 fully saturated rings. The van der Waals surface area contributed by atoms with Crippen molar-refractivity contribution in [1.29, 1.82) is 0 Å². The third-order valence-electron chi connectivity index (χ3n) is 5.10. The Morgan fingerprint density at radius 3 is 2.62 bits per heavy atom. The molecule has 7 nitrogen and oxygen atoms in total. The minimum Gasteiger partial charge on any atom is -0.379 e. The molecule has 7 heteroatoms. The average molecular weight is 360 g/mol. The Hall–Kier alpha value is -2.12. The van der Waals surface area contributed by atoms with E-state index in [4.69, 9.17) is 4.74 Å². The Balaban J connectivity index is 1.75. The second-order valence-electron chi connectivity index (χ2n) is 6.79. The molecule has 2 aliphatic heterocycles. The zero-order valence-corrected chi connectivity index (χ0v) is 15.6. The number of ether oxygens (including phenoxy) is 1. The van der Waals surface area contributed by atoms with Gasteiger partial charge in [0.25, 0.3) is 0 Å². The summed E-state index contributed by atoms with van der Waals surface area (Å²) in [5.74, 6) is -1.16. The lowest BCUT2D eigenvalue weighted by Crippen LogP contribution is -2.46. The van der Waals surface area contributed by atoms with E-state index in [1.807, 2.05) is 0 Å². The summed E-state index contributed by atoms with van der Waals surface area (Å²) in [5.41, 5.74) is 3.80. The highest BCUT2D eigenvalue weighted by Crippen LogP contribution is 2.31. The minimum absolute atomic E-state index is 0.0356. The number of nitrogens with one attached hydrogen (secondary N) is 2. The molecule has 0 spiro atoms. The molecule has 1 aromatic carbocycles. The van der Waals surface area contributed by atoms with Crippen LogP contribution in [-0.2, 0) is 20.7 Å². The van der Waals surface area contributed by atoms with Crippen molar-refractivity contribution in [2.75, 3.05) is 57.9 Å². The van der Waals surface area contributed by atoms with Crippen LogP contribution in [0.3, 0.4) is 0 Å². The number of rotatable bonds is 5. The first-order chi connectivity index (χ1) is 12.6. The van der Waals surface area contributed by atoms with Crippen molar-refractivity contribution in [1.82, 2.24) is 15.5 Å². The summed E-state index contributed by atoms with van der Waals surface area (Å²) in [7, 11) is 2.11. The summed E-state index contributed by atoms with van der Waals surface area (Å²) in [6, 6.07) is 6.58. The van der Waals surface area contributed by atoms with Crippen LogP contribution in [0.1, 0.15) is 24.1 Å². The second kappa shape index (κ2) is 8.51. The Bertz CT molecular complexity index is 658. The number of fused-ring (bicyclic) bond motifs is 1. The molecule has 2 heterocycles. The summed E-state index contributed by atoms with van der Waals surface area (Å²) in [5, 5.41) is 5.33. The van der Waals surface area contributed by atoms with Gasteiger partial charge in [-0.15, -0.1) is 0 Å². The van der Waals surface area contributed by atoms with Crippen LogP contribution < -0.4 is 15.5 Å². The molecule has 0 aliphatic carbocycles. The lowest BCUT2D eigenvalue weighted by molar-refractivity contribution is -0.139. The minimum atomic E-state index is -0.580. The zero-order valence-electron chi connectivity index (χ0n) is 15.6. The number of carbonyl (C=O) groups is 2. The van der Waals surface area contributed by atoms with E-state index in [0.717, 1.165) is 26.1 Å². The zero-order chi connectivity index (χ0) is 18.5. The fourth-order valence-corrected chi connectivity index (χ4v) is 3.65. The molecule has 2 amide bonds. The number of nitrogens with zero attached hydrogens (tertiary/aromatic N) is 2.